The van der Waals surface area contributed by atoms with E-state index in [9.17, 15) is 9.59 Å². The minimum atomic E-state index is -0.447. The smallest absolute Gasteiger partial charge is 0.343 e. The minimum Gasteiger partial charge on any atom is -0.427 e. The maximum atomic E-state index is 13.3. The van der Waals surface area contributed by atoms with Crippen LogP contribution in [-0.4, -0.2) is 24.1 Å². The van der Waals surface area contributed by atoms with Crippen LogP contribution in [0.1, 0.15) is 55.8 Å². The molecule has 3 rings (SSSR count). The van der Waals surface area contributed by atoms with E-state index in [1.165, 1.54) is 0 Å². The Morgan fingerprint density at radius 1 is 1.25 bits per heavy atom. The Morgan fingerprint density at radius 3 is 2.71 bits per heavy atom. The SMILES string of the molecule is C=CCON=C(CC)C1=C(OC(=O)c2ccccc2)CC2CCCCC2C1=O. The summed E-state index contributed by atoms with van der Waals surface area (Å²) >= 11 is 0. The third-order valence-corrected chi connectivity index (χ3v) is 5.43. The summed E-state index contributed by atoms with van der Waals surface area (Å²) in [5, 5.41) is 4.15. The zero-order valence-electron chi connectivity index (χ0n) is 16.4. The number of ether oxygens (including phenoxy) is 1. The van der Waals surface area contributed by atoms with Crippen molar-refractivity contribution in [3.63, 3.8) is 0 Å². The number of Topliss-reactive ketones (excluding diaryl/α,β-unsaturated/α-hetero) is 1. The van der Waals surface area contributed by atoms with Crippen LogP contribution < -0.4 is 0 Å². The van der Waals surface area contributed by atoms with Crippen LogP contribution in [0.3, 0.4) is 0 Å². The van der Waals surface area contributed by atoms with Crippen molar-refractivity contribution in [3.8, 4) is 0 Å². The normalized spacial score (nSPS) is 22.5. The number of hydrogen-bond acceptors (Lipinski definition) is 5. The van der Waals surface area contributed by atoms with Gasteiger partial charge in [0.15, 0.2) is 5.78 Å². The molecule has 0 heterocycles. The molecule has 1 aromatic rings. The van der Waals surface area contributed by atoms with Crippen molar-refractivity contribution in [2.75, 3.05) is 6.61 Å². The first-order valence-corrected chi connectivity index (χ1v) is 10.00. The Hall–Kier alpha value is -2.69. The van der Waals surface area contributed by atoms with Crippen LogP contribution in [0.2, 0.25) is 0 Å². The molecule has 0 aromatic heterocycles. The summed E-state index contributed by atoms with van der Waals surface area (Å²) in [5.74, 6) is 0.242. The third-order valence-electron chi connectivity index (χ3n) is 5.43. The van der Waals surface area contributed by atoms with Gasteiger partial charge in [0, 0.05) is 12.3 Å². The highest BCUT2D eigenvalue weighted by molar-refractivity contribution is 6.23. The topological polar surface area (TPSA) is 65.0 Å². The van der Waals surface area contributed by atoms with Crippen LogP contribution in [0.25, 0.3) is 0 Å². The summed E-state index contributed by atoms with van der Waals surface area (Å²) in [4.78, 5) is 31.2. The van der Waals surface area contributed by atoms with Crippen LogP contribution in [0.5, 0.6) is 0 Å². The zero-order valence-corrected chi connectivity index (χ0v) is 16.4. The number of benzene rings is 1. The largest absolute Gasteiger partial charge is 0.427 e. The number of rotatable bonds is 7. The second-order valence-electron chi connectivity index (χ2n) is 7.25. The third kappa shape index (κ3) is 4.41. The van der Waals surface area contributed by atoms with Gasteiger partial charge in [-0.05, 0) is 37.3 Å². The van der Waals surface area contributed by atoms with Crippen molar-refractivity contribution in [3.05, 3.63) is 59.9 Å². The highest BCUT2D eigenvalue weighted by Gasteiger charge is 2.41. The van der Waals surface area contributed by atoms with Gasteiger partial charge in [-0.25, -0.2) is 4.79 Å². The van der Waals surface area contributed by atoms with Crippen LogP contribution in [-0.2, 0) is 14.4 Å². The molecular weight excluding hydrogens is 354 g/mol. The standard InChI is InChI=1S/C23H27NO4/c1-3-14-27-24-19(4-2)21-20(28-23(26)16-10-6-5-7-11-16)15-17-12-8-9-13-18(17)22(21)25/h3,5-7,10-11,17-18H,1,4,8-9,12-15H2,2H3. The van der Waals surface area contributed by atoms with Gasteiger partial charge < -0.3 is 9.57 Å². The Labute approximate surface area is 166 Å². The molecule has 0 saturated heterocycles. The van der Waals surface area contributed by atoms with Crippen molar-refractivity contribution in [2.24, 2.45) is 17.0 Å². The number of hydrogen-bond donors (Lipinski definition) is 0. The van der Waals surface area contributed by atoms with E-state index in [0.29, 0.717) is 35.4 Å². The van der Waals surface area contributed by atoms with E-state index in [4.69, 9.17) is 9.57 Å². The van der Waals surface area contributed by atoms with Gasteiger partial charge in [-0.3, -0.25) is 4.79 Å². The number of allylic oxidation sites excluding steroid dienone is 2. The molecule has 1 saturated carbocycles. The summed E-state index contributed by atoms with van der Waals surface area (Å²) in [6.45, 7) is 5.79. The summed E-state index contributed by atoms with van der Waals surface area (Å²) in [7, 11) is 0. The molecule has 28 heavy (non-hydrogen) atoms. The number of nitrogens with zero attached hydrogens (tertiary/aromatic N) is 1. The zero-order chi connectivity index (χ0) is 19.9. The quantitative estimate of drug-likeness (QED) is 0.223. The average Bonchev–Trinajstić information content (AvgIpc) is 2.73. The Balaban J connectivity index is 1.96. The first kappa shape index (κ1) is 20.1. The van der Waals surface area contributed by atoms with E-state index < -0.39 is 5.97 Å². The molecule has 0 radical (unpaired) electrons. The molecule has 0 spiro atoms. The maximum absolute atomic E-state index is 13.3. The highest BCUT2D eigenvalue weighted by atomic mass is 16.6. The van der Waals surface area contributed by atoms with Crippen LogP contribution in [0.4, 0.5) is 0 Å². The number of carbonyl (C=O) groups excluding carboxylic acids is 2. The molecule has 1 fully saturated rings. The molecule has 0 aliphatic heterocycles. The summed E-state index contributed by atoms with van der Waals surface area (Å²) in [6, 6.07) is 8.84. The van der Waals surface area contributed by atoms with Gasteiger partial charge >= 0.3 is 5.97 Å². The van der Waals surface area contributed by atoms with Gasteiger partial charge in [-0.2, -0.15) is 0 Å². The predicted octanol–water partition coefficient (Wildman–Crippen LogP) is 4.85. The first-order valence-electron chi connectivity index (χ1n) is 10.00. The number of oxime groups is 1. The van der Waals surface area contributed by atoms with Gasteiger partial charge in [0.1, 0.15) is 12.4 Å². The lowest BCUT2D eigenvalue weighted by atomic mass is 9.69. The van der Waals surface area contributed by atoms with Gasteiger partial charge in [-0.1, -0.05) is 55.8 Å². The van der Waals surface area contributed by atoms with E-state index in [2.05, 4.69) is 11.7 Å². The fraction of sp³-hybridized carbons (Fsp3) is 0.435. The molecule has 2 atom stereocenters. The molecule has 0 amide bonds. The van der Waals surface area contributed by atoms with Crippen molar-refractivity contribution < 1.29 is 19.2 Å². The lowest BCUT2D eigenvalue weighted by Gasteiger charge is -2.36. The van der Waals surface area contributed by atoms with E-state index in [-0.39, 0.29) is 24.2 Å². The molecular formula is C23H27NO4. The minimum absolute atomic E-state index is 0.0147. The predicted molar refractivity (Wildman–Crippen MR) is 108 cm³/mol. The van der Waals surface area contributed by atoms with Crippen LogP contribution >= 0.6 is 0 Å². The first-order chi connectivity index (χ1) is 13.7. The van der Waals surface area contributed by atoms with Gasteiger partial charge in [0.25, 0.3) is 0 Å². The summed E-state index contributed by atoms with van der Waals surface area (Å²) < 4.78 is 5.76. The van der Waals surface area contributed by atoms with Gasteiger partial charge in [0.05, 0.1) is 16.8 Å². The molecule has 5 nitrogen and oxygen atoms in total. The van der Waals surface area contributed by atoms with Crippen molar-refractivity contribution in [2.45, 2.75) is 45.4 Å². The Morgan fingerprint density at radius 2 is 2.00 bits per heavy atom. The number of fused-ring (bicyclic) bond motifs is 1. The fourth-order valence-corrected chi connectivity index (χ4v) is 4.06. The molecule has 2 unspecified atom stereocenters. The van der Waals surface area contributed by atoms with E-state index in [1.54, 1.807) is 30.3 Å². The molecule has 5 heteroatoms. The van der Waals surface area contributed by atoms with Crippen LogP contribution in [0.15, 0.2) is 59.5 Å². The van der Waals surface area contributed by atoms with E-state index >= 15 is 0 Å². The van der Waals surface area contributed by atoms with E-state index in [1.807, 2.05) is 13.0 Å². The van der Waals surface area contributed by atoms with Crippen molar-refractivity contribution >= 4 is 17.5 Å². The fourth-order valence-electron chi connectivity index (χ4n) is 4.06. The monoisotopic (exact) mass is 381 g/mol. The second kappa shape index (κ2) is 9.49. The van der Waals surface area contributed by atoms with Gasteiger partial charge in [-0.15, -0.1) is 0 Å². The number of carbonyl (C=O) groups is 2. The molecule has 2 aliphatic carbocycles. The molecule has 1 aromatic carbocycles. The van der Waals surface area contributed by atoms with Gasteiger partial charge in [0.2, 0.25) is 0 Å². The van der Waals surface area contributed by atoms with E-state index in [0.717, 1.165) is 25.7 Å². The van der Waals surface area contributed by atoms with Crippen molar-refractivity contribution in [1.29, 1.82) is 0 Å². The lowest BCUT2D eigenvalue weighted by Crippen LogP contribution is -2.36. The Bertz CT molecular complexity index is 794. The molecule has 2 aliphatic rings. The molecule has 0 bridgehead atoms. The Kier molecular flexibility index (Phi) is 6.80. The van der Waals surface area contributed by atoms with Crippen LogP contribution in [0, 0.1) is 11.8 Å². The molecule has 148 valence electrons. The lowest BCUT2D eigenvalue weighted by molar-refractivity contribution is -0.122. The highest BCUT2D eigenvalue weighted by Crippen LogP contribution is 2.42. The average molecular weight is 381 g/mol. The molecule has 0 N–H and O–H groups in total. The second-order valence-corrected chi connectivity index (χ2v) is 7.25. The maximum Gasteiger partial charge on any atom is 0.343 e. The summed E-state index contributed by atoms with van der Waals surface area (Å²) in [6.07, 6.45) is 6.75. The summed E-state index contributed by atoms with van der Waals surface area (Å²) in [5.41, 5.74) is 1.43. The number of esters is 1. The number of ketones is 1. The van der Waals surface area contributed by atoms with Crippen molar-refractivity contribution in [1.82, 2.24) is 0 Å².